The zero-order valence-electron chi connectivity index (χ0n) is 6.96. The molecule has 1 saturated heterocycles. The van der Waals surface area contributed by atoms with Gasteiger partial charge in [0.15, 0.2) is 6.10 Å². The molecule has 1 rings (SSSR count). The fourth-order valence-electron chi connectivity index (χ4n) is 1.05. The third-order valence-electron chi connectivity index (χ3n) is 1.58. The predicted octanol–water partition coefficient (Wildman–Crippen LogP) is 0.764. The van der Waals surface area contributed by atoms with Gasteiger partial charge in [-0.05, 0) is 13.8 Å². The third-order valence-corrected chi connectivity index (χ3v) is 1.58. The van der Waals surface area contributed by atoms with Crippen LogP contribution in [0.3, 0.4) is 0 Å². The summed E-state index contributed by atoms with van der Waals surface area (Å²) >= 11 is 0. The van der Waals surface area contributed by atoms with Gasteiger partial charge in [0, 0.05) is 0 Å². The second-order valence-electron chi connectivity index (χ2n) is 3.04. The lowest BCUT2D eigenvalue weighted by atomic mass is 10.2. The van der Waals surface area contributed by atoms with Crippen molar-refractivity contribution in [3.8, 4) is 0 Å². The molecule has 0 saturated carbocycles. The molecule has 1 heterocycles. The quantitative estimate of drug-likeness (QED) is 0.685. The van der Waals surface area contributed by atoms with E-state index in [9.17, 15) is 8.78 Å². The Kier molecular flexibility index (Phi) is 2.65. The third kappa shape index (κ3) is 1.91. The average Bonchev–Trinajstić information content (AvgIpc) is 2.15. The molecule has 1 N–H and O–H groups in total. The molecule has 3 nitrogen and oxygen atoms in total. The zero-order chi connectivity index (χ0) is 9.35. The van der Waals surface area contributed by atoms with Crippen LogP contribution < -0.4 is 0 Å². The lowest BCUT2D eigenvalue weighted by Crippen LogP contribution is -2.37. The van der Waals surface area contributed by atoms with Gasteiger partial charge in [-0.2, -0.15) is 8.78 Å². The van der Waals surface area contributed by atoms with Crippen molar-refractivity contribution in [3.05, 3.63) is 0 Å². The summed E-state index contributed by atoms with van der Waals surface area (Å²) in [7, 11) is 0. The molecular formula is C7H12F2O3. The van der Waals surface area contributed by atoms with Crippen LogP contribution in [0, 0.1) is 0 Å². The number of hydrogen-bond acceptors (Lipinski definition) is 3. The fraction of sp³-hybridized carbons (Fsp3) is 1.00. The Labute approximate surface area is 69.3 Å². The molecular weight excluding hydrogens is 170 g/mol. The van der Waals surface area contributed by atoms with Crippen molar-refractivity contribution >= 4 is 0 Å². The van der Waals surface area contributed by atoms with Crippen LogP contribution in [0.2, 0.25) is 0 Å². The van der Waals surface area contributed by atoms with Gasteiger partial charge in [0.2, 0.25) is 0 Å². The second kappa shape index (κ2) is 3.24. The van der Waals surface area contributed by atoms with Gasteiger partial charge in [-0.25, -0.2) is 0 Å². The van der Waals surface area contributed by atoms with E-state index < -0.39 is 18.3 Å². The Morgan fingerprint density at radius 3 is 2.50 bits per heavy atom. The smallest absolute Gasteiger partial charge is 0.381 e. The van der Waals surface area contributed by atoms with Crippen molar-refractivity contribution < 1.29 is 23.4 Å². The summed E-state index contributed by atoms with van der Waals surface area (Å²) in [5.41, 5.74) is 0. The van der Waals surface area contributed by atoms with Gasteiger partial charge in [0.1, 0.15) is 6.10 Å². The maximum Gasteiger partial charge on any atom is 0.384 e. The summed E-state index contributed by atoms with van der Waals surface area (Å²) < 4.78 is 34.0. The molecule has 0 aromatic heterocycles. The largest absolute Gasteiger partial charge is 0.384 e. The summed E-state index contributed by atoms with van der Waals surface area (Å²) in [5, 5.41) is 8.97. The molecule has 0 amide bonds. The van der Waals surface area contributed by atoms with Crippen molar-refractivity contribution in [2.24, 2.45) is 0 Å². The number of rotatable bonds is 2. The van der Waals surface area contributed by atoms with Crippen molar-refractivity contribution in [3.63, 3.8) is 0 Å². The van der Waals surface area contributed by atoms with Gasteiger partial charge >= 0.3 is 6.11 Å². The number of aliphatic hydroxyl groups excluding tert-OH is 1. The van der Waals surface area contributed by atoms with Crippen LogP contribution in [0.4, 0.5) is 8.78 Å². The molecule has 0 aliphatic carbocycles. The normalized spacial score (nSPS) is 34.5. The summed E-state index contributed by atoms with van der Waals surface area (Å²) in [6.45, 7) is 3.17. The van der Waals surface area contributed by atoms with Gasteiger partial charge in [-0.15, -0.1) is 0 Å². The van der Waals surface area contributed by atoms with Gasteiger partial charge in [0.05, 0.1) is 12.7 Å². The molecule has 0 spiro atoms. The highest BCUT2D eigenvalue weighted by Gasteiger charge is 2.52. The zero-order valence-corrected chi connectivity index (χ0v) is 6.96. The summed E-state index contributed by atoms with van der Waals surface area (Å²) in [6.07, 6.45) is -6.42. The number of hydrogen-bond donors (Lipinski definition) is 1. The van der Waals surface area contributed by atoms with E-state index in [4.69, 9.17) is 9.84 Å². The Morgan fingerprint density at radius 2 is 2.17 bits per heavy atom. The van der Waals surface area contributed by atoms with E-state index in [-0.39, 0.29) is 12.7 Å². The van der Waals surface area contributed by atoms with E-state index in [1.807, 2.05) is 0 Å². The maximum atomic E-state index is 12.5. The van der Waals surface area contributed by atoms with Crippen LogP contribution in [-0.2, 0) is 9.47 Å². The van der Waals surface area contributed by atoms with Crippen LogP contribution in [0.25, 0.3) is 0 Å². The minimum absolute atomic E-state index is 0.192. The SMILES string of the molecule is CC(C)O[C@@H]1COC(F)(F)[C@H]1O. The molecule has 12 heavy (non-hydrogen) atoms. The molecule has 0 radical (unpaired) electrons. The molecule has 0 aromatic carbocycles. The lowest BCUT2D eigenvalue weighted by molar-refractivity contribution is -0.250. The molecule has 0 bridgehead atoms. The molecule has 1 fully saturated rings. The number of halogens is 2. The van der Waals surface area contributed by atoms with Crippen molar-refractivity contribution in [1.82, 2.24) is 0 Å². The Hall–Kier alpha value is -0.260. The van der Waals surface area contributed by atoms with E-state index >= 15 is 0 Å². The first-order chi connectivity index (χ1) is 5.43. The summed E-state index contributed by atoms with van der Waals surface area (Å²) in [6, 6.07) is 0. The number of aliphatic hydroxyl groups is 1. The van der Waals surface area contributed by atoms with E-state index in [1.165, 1.54) is 0 Å². The van der Waals surface area contributed by atoms with Crippen molar-refractivity contribution in [1.29, 1.82) is 0 Å². The van der Waals surface area contributed by atoms with Crippen LogP contribution in [0.5, 0.6) is 0 Å². The highest BCUT2D eigenvalue weighted by molar-refractivity contribution is 4.83. The molecule has 0 aromatic rings. The van der Waals surface area contributed by atoms with Crippen LogP contribution in [-0.4, -0.2) is 36.1 Å². The lowest BCUT2D eigenvalue weighted by Gasteiger charge is -2.18. The Balaban J connectivity index is 2.50. The van der Waals surface area contributed by atoms with Gasteiger partial charge < -0.3 is 14.6 Å². The summed E-state index contributed by atoms with van der Waals surface area (Å²) in [5.74, 6) is 0. The van der Waals surface area contributed by atoms with E-state index in [2.05, 4.69) is 4.74 Å². The van der Waals surface area contributed by atoms with Gasteiger partial charge in [-0.1, -0.05) is 0 Å². The van der Waals surface area contributed by atoms with Crippen LogP contribution in [0.15, 0.2) is 0 Å². The molecule has 72 valence electrons. The van der Waals surface area contributed by atoms with E-state index in [0.29, 0.717) is 0 Å². The van der Waals surface area contributed by atoms with Crippen molar-refractivity contribution in [2.45, 2.75) is 38.3 Å². The molecule has 1 aliphatic rings. The maximum absolute atomic E-state index is 12.5. The van der Waals surface area contributed by atoms with Crippen molar-refractivity contribution in [2.75, 3.05) is 6.61 Å². The average molecular weight is 182 g/mol. The van der Waals surface area contributed by atoms with E-state index in [0.717, 1.165) is 0 Å². The highest BCUT2D eigenvalue weighted by Crippen LogP contribution is 2.31. The standard InChI is InChI=1S/C7H12F2O3/c1-4(2)12-5-3-11-7(8,9)6(5)10/h4-6,10H,3H2,1-2H3/t5-,6+/m1/s1. The fourth-order valence-corrected chi connectivity index (χ4v) is 1.05. The number of alkyl halides is 2. The van der Waals surface area contributed by atoms with Crippen LogP contribution in [0.1, 0.15) is 13.8 Å². The molecule has 5 heteroatoms. The number of ether oxygens (including phenoxy) is 2. The first-order valence-electron chi connectivity index (χ1n) is 3.79. The predicted molar refractivity (Wildman–Crippen MR) is 36.9 cm³/mol. The highest BCUT2D eigenvalue weighted by atomic mass is 19.3. The molecule has 0 unspecified atom stereocenters. The topological polar surface area (TPSA) is 38.7 Å². The minimum Gasteiger partial charge on any atom is -0.381 e. The molecule has 1 aliphatic heterocycles. The van der Waals surface area contributed by atoms with E-state index in [1.54, 1.807) is 13.8 Å². The van der Waals surface area contributed by atoms with Gasteiger partial charge in [0.25, 0.3) is 0 Å². The Morgan fingerprint density at radius 1 is 1.58 bits per heavy atom. The minimum atomic E-state index is -3.46. The van der Waals surface area contributed by atoms with Crippen LogP contribution >= 0.6 is 0 Å². The monoisotopic (exact) mass is 182 g/mol. The summed E-state index contributed by atoms with van der Waals surface area (Å²) in [4.78, 5) is 0. The second-order valence-corrected chi connectivity index (χ2v) is 3.04. The van der Waals surface area contributed by atoms with Gasteiger partial charge in [-0.3, -0.25) is 0 Å². The molecule has 2 atom stereocenters. The first-order valence-corrected chi connectivity index (χ1v) is 3.79. The Bertz CT molecular complexity index is 161. The first kappa shape index (κ1) is 9.83.